The van der Waals surface area contributed by atoms with E-state index in [0.29, 0.717) is 6.42 Å². The third kappa shape index (κ3) is 7.90. The van der Waals surface area contributed by atoms with Crippen molar-refractivity contribution in [1.82, 2.24) is 0 Å². The number of alkyl halides is 1. The normalized spacial score (nSPS) is 13.2. The monoisotopic (exact) mass is 330 g/mol. The van der Waals surface area contributed by atoms with Gasteiger partial charge in [0.1, 0.15) is 0 Å². The lowest BCUT2D eigenvalue weighted by molar-refractivity contribution is 0.305. The van der Waals surface area contributed by atoms with Gasteiger partial charge in [-0.15, -0.1) is 0 Å². The molecule has 0 spiro atoms. The van der Waals surface area contributed by atoms with Crippen LogP contribution in [0.5, 0.6) is 0 Å². The maximum Gasteiger partial charge on any atom is 0.296 e. The molecule has 3 nitrogen and oxygen atoms in total. The molecule has 0 aliphatic rings. The van der Waals surface area contributed by atoms with Gasteiger partial charge in [0.05, 0.1) is 17.7 Å². The van der Waals surface area contributed by atoms with E-state index in [-0.39, 0.29) is 11.5 Å². The predicted octanol–water partition coefficient (Wildman–Crippen LogP) is 4.79. The topological polar surface area (TPSA) is 43.4 Å². The number of hydrogen-bond acceptors (Lipinski definition) is 3. The van der Waals surface area contributed by atoms with E-state index in [2.05, 4.69) is 0 Å². The Kier molecular flexibility index (Phi) is 8.64. The van der Waals surface area contributed by atoms with Gasteiger partial charge in [-0.25, -0.2) is 4.39 Å². The number of rotatable bonds is 11. The highest BCUT2D eigenvalue weighted by Gasteiger charge is 2.14. The van der Waals surface area contributed by atoms with Crippen molar-refractivity contribution >= 4 is 10.1 Å². The summed E-state index contributed by atoms with van der Waals surface area (Å²) in [6, 6.07) is 6.65. The van der Waals surface area contributed by atoms with Crippen molar-refractivity contribution < 1.29 is 17.0 Å². The van der Waals surface area contributed by atoms with Gasteiger partial charge in [-0.3, -0.25) is 4.18 Å². The van der Waals surface area contributed by atoms with Crippen LogP contribution in [0.2, 0.25) is 0 Å². The quantitative estimate of drug-likeness (QED) is 0.433. The van der Waals surface area contributed by atoms with Crippen LogP contribution in [0, 0.1) is 6.92 Å². The zero-order chi connectivity index (χ0) is 16.4. The summed E-state index contributed by atoms with van der Waals surface area (Å²) in [6.07, 6.45) is 5.66. The number of halogens is 1. The molecule has 1 aromatic carbocycles. The van der Waals surface area contributed by atoms with Crippen LogP contribution in [0.4, 0.5) is 4.39 Å². The second-order valence-electron chi connectivity index (χ2n) is 5.78. The molecule has 0 saturated heterocycles. The Bertz CT molecular complexity index is 509. The van der Waals surface area contributed by atoms with E-state index in [0.717, 1.165) is 44.1 Å². The molecule has 1 atom stereocenters. The predicted molar refractivity (Wildman–Crippen MR) is 87.2 cm³/mol. The van der Waals surface area contributed by atoms with Gasteiger partial charge in [-0.05, 0) is 38.8 Å². The SMILES string of the molecule is Cc1ccc(S(=O)(=O)OCCCCCCCCC(C)F)cc1. The van der Waals surface area contributed by atoms with Crippen LogP contribution in [0.3, 0.4) is 0 Å². The van der Waals surface area contributed by atoms with Crippen molar-refractivity contribution in [3.63, 3.8) is 0 Å². The maximum absolute atomic E-state index is 12.6. The molecule has 22 heavy (non-hydrogen) atoms. The van der Waals surface area contributed by atoms with Gasteiger partial charge in [0.2, 0.25) is 0 Å². The first kappa shape index (κ1) is 19.1. The van der Waals surface area contributed by atoms with Crippen molar-refractivity contribution in [2.75, 3.05) is 6.61 Å². The highest BCUT2D eigenvalue weighted by Crippen LogP contribution is 2.14. The molecule has 0 bridgehead atoms. The Hall–Kier alpha value is -0.940. The first-order chi connectivity index (χ1) is 10.4. The zero-order valence-corrected chi connectivity index (χ0v) is 14.4. The van der Waals surface area contributed by atoms with Gasteiger partial charge in [0.15, 0.2) is 0 Å². The van der Waals surface area contributed by atoms with Crippen LogP contribution < -0.4 is 0 Å². The molecule has 0 amide bonds. The van der Waals surface area contributed by atoms with Crippen molar-refractivity contribution in [2.45, 2.75) is 69.9 Å². The summed E-state index contributed by atoms with van der Waals surface area (Å²) in [7, 11) is -3.63. The van der Waals surface area contributed by atoms with Gasteiger partial charge >= 0.3 is 0 Å². The minimum atomic E-state index is -3.63. The van der Waals surface area contributed by atoms with Crippen LogP contribution in [0.15, 0.2) is 29.2 Å². The van der Waals surface area contributed by atoms with Gasteiger partial charge in [0, 0.05) is 0 Å². The van der Waals surface area contributed by atoms with E-state index in [1.54, 1.807) is 31.2 Å². The molecule has 0 fully saturated rings. The summed E-state index contributed by atoms with van der Waals surface area (Å²) < 4.78 is 41.5. The molecular formula is C17H27FO3S. The standard InChI is InChI=1S/C17H27FO3S/c1-15-10-12-17(13-11-15)22(19,20)21-14-8-6-4-3-5-7-9-16(2)18/h10-13,16H,3-9,14H2,1-2H3. The molecule has 0 saturated carbocycles. The highest BCUT2D eigenvalue weighted by molar-refractivity contribution is 7.86. The number of unbranched alkanes of at least 4 members (excludes halogenated alkanes) is 5. The van der Waals surface area contributed by atoms with E-state index in [1.165, 1.54) is 0 Å². The lowest BCUT2D eigenvalue weighted by Gasteiger charge is -2.06. The third-order valence-corrected chi connectivity index (χ3v) is 4.87. The van der Waals surface area contributed by atoms with Crippen LogP contribution in [0.1, 0.15) is 57.4 Å². The molecule has 1 aromatic rings. The average molecular weight is 330 g/mol. The lowest BCUT2D eigenvalue weighted by atomic mass is 10.1. The highest BCUT2D eigenvalue weighted by atomic mass is 32.2. The van der Waals surface area contributed by atoms with Crippen molar-refractivity contribution in [3.05, 3.63) is 29.8 Å². The Morgan fingerprint density at radius 2 is 1.55 bits per heavy atom. The smallest absolute Gasteiger partial charge is 0.266 e. The average Bonchev–Trinajstić information content (AvgIpc) is 2.45. The summed E-state index contributed by atoms with van der Waals surface area (Å²) in [4.78, 5) is 0.207. The Morgan fingerprint density at radius 1 is 1.00 bits per heavy atom. The Balaban J connectivity index is 2.12. The number of benzene rings is 1. The molecule has 0 radical (unpaired) electrons. The largest absolute Gasteiger partial charge is 0.296 e. The molecule has 1 unspecified atom stereocenters. The van der Waals surface area contributed by atoms with E-state index in [4.69, 9.17) is 4.18 Å². The molecule has 126 valence electrons. The van der Waals surface area contributed by atoms with Gasteiger partial charge in [0.25, 0.3) is 10.1 Å². The second-order valence-corrected chi connectivity index (χ2v) is 7.40. The molecule has 0 aliphatic carbocycles. The Morgan fingerprint density at radius 3 is 2.14 bits per heavy atom. The van der Waals surface area contributed by atoms with Crippen LogP contribution in [0.25, 0.3) is 0 Å². The van der Waals surface area contributed by atoms with Crippen molar-refractivity contribution in [1.29, 1.82) is 0 Å². The fourth-order valence-electron chi connectivity index (χ4n) is 2.18. The van der Waals surface area contributed by atoms with Crippen LogP contribution >= 0.6 is 0 Å². The summed E-state index contributed by atoms with van der Waals surface area (Å²) >= 11 is 0. The van der Waals surface area contributed by atoms with Gasteiger partial charge in [-0.1, -0.05) is 49.8 Å². The summed E-state index contributed by atoms with van der Waals surface area (Å²) in [5.41, 5.74) is 1.01. The molecule has 0 heterocycles. The van der Waals surface area contributed by atoms with Crippen molar-refractivity contribution in [2.24, 2.45) is 0 Å². The first-order valence-electron chi connectivity index (χ1n) is 8.02. The number of aryl methyl sites for hydroxylation is 1. The molecule has 0 N–H and O–H groups in total. The van der Waals surface area contributed by atoms with Gasteiger partial charge in [-0.2, -0.15) is 8.42 Å². The fraction of sp³-hybridized carbons (Fsp3) is 0.647. The number of hydrogen-bond donors (Lipinski definition) is 0. The zero-order valence-electron chi connectivity index (χ0n) is 13.6. The molecule has 0 aromatic heterocycles. The summed E-state index contributed by atoms with van der Waals surface area (Å²) in [6.45, 7) is 3.72. The van der Waals surface area contributed by atoms with Crippen LogP contribution in [-0.4, -0.2) is 21.2 Å². The van der Waals surface area contributed by atoms with E-state index < -0.39 is 16.3 Å². The first-order valence-corrected chi connectivity index (χ1v) is 9.43. The minimum Gasteiger partial charge on any atom is -0.266 e. The Labute approximate surface area is 134 Å². The van der Waals surface area contributed by atoms with Crippen molar-refractivity contribution in [3.8, 4) is 0 Å². The summed E-state index contributed by atoms with van der Waals surface area (Å²) in [5.74, 6) is 0. The fourth-order valence-corrected chi connectivity index (χ4v) is 3.12. The lowest BCUT2D eigenvalue weighted by Crippen LogP contribution is -2.07. The van der Waals surface area contributed by atoms with E-state index in [9.17, 15) is 12.8 Å². The van der Waals surface area contributed by atoms with Gasteiger partial charge < -0.3 is 0 Å². The molecule has 5 heteroatoms. The maximum atomic E-state index is 12.6. The third-order valence-electron chi connectivity index (χ3n) is 3.54. The summed E-state index contributed by atoms with van der Waals surface area (Å²) in [5, 5.41) is 0. The van der Waals surface area contributed by atoms with E-state index >= 15 is 0 Å². The molecule has 1 rings (SSSR count). The minimum absolute atomic E-state index is 0.207. The van der Waals surface area contributed by atoms with Crippen LogP contribution in [-0.2, 0) is 14.3 Å². The molecule has 0 aliphatic heterocycles. The van der Waals surface area contributed by atoms with E-state index in [1.807, 2.05) is 6.92 Å². The second kappa shape index (κ2) is 9.95. The molecular weight excluding hydrogens is 303 g/mol.